The second-order valence-corrected chi connectivity index (χ2v) is 9.69. The first kappa shape index (κ1) is 26.3. The predicted octanol–water partition coefficient (Wildman–Crippen LogP) is 1.44. The number of hydrogen-bond donors (Lipinski definition) is 2. The summed E-state index contributed by atoms with van der Waals surface area (Å²) in [6.07, 6.45) is -0.479. The Morgan fingerprint density at radius 3 is 2.76 bits per heavy atom. The Labute approximate surface area is 221 Å². The number of benzene rings is 2. The lowest BCUT2D eigenvalue weighted by atomic mass is 9.79. The van der Waals surface area contributed by atoms with Gasteiger partial charge in [0.25, 0.3) is 0 Å². The lowest BCUT2D eigenvalue weighted by Gasteiger charge is -2.40. The number of piperazine rings is 1. The minimum atomic E-state index is -0.980. The molecule has 0 bridgehead atoms. The number of rotatable bonds is 8. The molecule has 2 fully saturated rings. The maximum atomic E-state index is 15.2. The molecule has 12 heteroatoms. The summed E-state index contributed by atoms with van der Waals surface area (Å²) in [6.45, 7) is 6.84. The van der Waals surface area contributed by atoms with Gasteiger partial charge in [0.2, 0.25) is 5.91 Å². The Balaban J connectivity index is 1.19. The number of nitrogens with zero attached hydrogens (tertiary/aromatic N) is 3. The van der Waals surface area contributed by atoms with Crippen LogP contribution in [0.2, 0.25) is 0 Å². The molecule has 0 saturated carbocycles. The van der Waals surface area contributed by atoms with E-state index in [0.717, 1.165) is 12.0 Å². The molecule has 2 atom stereocenters. The molecule has 5 rings (SSSR count). The topological polar surface area (TPSA) is 104 Å². The van der Waals surface area contributed by atoms with Crippen LogP contribution in [0, 0.1) is 5.82 Å². The van der Waals surface area contributed by atoms with E-state index in [1.807, 2.05) is 23.1 Å². The number of carbonyl (C=O) groups is 2. The van der Waals surface area contributed by atoms with Crippen LogP contribution in [0.3, 0.4) is 0 Å². The second-order valence-electron chi connectivity index (χ2n) is 9.69. The van der Waals surface area contributed by atoms with Gasteiger partial charge in [-0.1, -0.05) is 19.1 Å². The number of nitrogens with one attached hydrogen (secondary N) is 1. The number of carbonyl (C=O) groups excluding carboxylic acids is 2. The number of halogens is 1. The van der Waals surface area contributed by atoms with Crippen LogP contribution in [0.4, 0.5) is 20.6 Å². The molecule has 2 N–H and O–H groups in total. The molecule has 3 heterocycles. The number of hydrogen-bond acceptors (Lipinski definition) is 8. The van der Waals surface area contributed by atoms with Gasteiger partial charge in [-0.25, -0.2) is 9.18 Å². The van der Waals surface area contributed by atoms with Gasteiger partial charge in [-0.2, -0.15) is 0 Å². The van der Waals surface area contributed by atoms with Gasteiger partial charge in [0.1, 0.15) is 17.7 Å². The summed E-state index contributed by atoms with van der Waals surface area (Å²) in [7, 11) is -0.980. The van der Waals surface area contributed by atoms with Crippen molar-refractivity contribution in [3.05, 3.63) is 47.8 Å². The normalized spacial score (nSPS) is 20.4. The Morgan fingerprint density at radius 1 is 1.26 bits per heavy atom. The van der Waals surface area contributed by atoms with Crippen molar-refractivity contribution in [2.45, 2.75) is 39.2 Å². The monoisotopic (exact) mass is 526 g/mol. The Kier molecular flexibility index (Phi) is 7.73. The molecule has 2 amide bonds. The smallest absolute Gasteiger partial charge is 0.475 e. The lowest BCUT2D eigenvalue weighted by molar-refractivity contribution is -0.119. The third-order valence-electron chi connectivity index (χ3n) is 7.17. The highest BCUT2D eigenvalue weighted by Gasteiger charge is 2.34. The van der Waals surface area contributed by atoms with Crippen molar-refractivity contribution in [3.63, 3.8) is 0 Å². The predicted molar refractivity (Wildman–Crippen MR) is 140 cm³/mol. The SMILES string of the molecule is CCC(Oc1cccc2c1B(O)OC2)N1CCN(c2ccc(N3C[C@H](CNC(C)=O)OC3=O)cc2F)CC1. The van der Waals surface area contributed by atoms with Crippen LogP contribution in [0.5, 0.6) is 5.75 Å². The fraction of sp³-hybridized carbons (Fsp3) is 0.462. The third kappa shape index (κ3) is 5.43. The van der Waals surface area contributed by atoms with Gasteiger partial charge in [0.15, 0.2) is 6.23 Å². The number of cyclic esters (lactones) is 1. The highest BCUT2D eigenvalue weighted by Crippen LogP contribution is 2.29. The minimum Gasteiger partial charge on any atom is -0.475 e. The molecule has 0 spiro atoms. The van der Waals surface area contributed by atoms with Gasteiger partial charge in [0.05, 0.1) is 31.1 Å². The van der Waals surface area contributed by atoms with E-state index in [1.165, 1.54) is 17.9 Å². The van der Waals surface area contributed by atoms with Gasteiger partial charge in [-0.3, -0.25) is 14.6 Å². The van der Waals surface area contributed by atoms with Crippen LogP contribution in [-0.2, 0) is 20.8 Å². The summed E-state index contributed by atoms with van der Waals surface area (Å²) < 4.78 is 32.1. The van der Waals surface area contributed by atoms with Gasteiger partial charge in [0, 0.05) is 38.6 Å². The number of amides is 2. The summed E-state index contributed by atoms with van der Waals surface area (Å²) in [4.78, 5) is 29.0. The number of fused-ring (bicyclic) bond motifs is 1. The summed E-state index contributed by atoms with van der Waals surface area (Å²) >= 11 is 0. The first-order chi connectivity index (χ1) is 18.3. The van der Waals surface area contributed by atoms with E-state index in [1.54, 1.807) is 12.1 Å². The largest absolute Gasteiger partial charge is 0.495 e. The molecule has 38 heavy (non-hydrogen) atoms. The van der Waals surface area contributed by atoms with Crippen molar-refractivity contribution >= 4 is 36.0 Å². The van der Waals surface area contributed by atoms with Crippen molar-refractivity contribution in [1.82, 2.24) is 10.2 Å². The van der Waals surface area contributed by atoms with E-state index in [2.05, 4.69) is 17.1 Å². The van der Waals surface area contributed by atoms with E-state index in [4.69, 9.17) is 14.1 Å². The maximum Gasteiger partial charge on any atom is 0.495 e. The minimum absolute atomic E-state index is 0.185. The van der Waals surface area contributed by atoms with E-state index in [-0.39, 0.29) is 25.2 Å². The van der Waals surface area contributed by atoms with E-state index in [9.17, 15) is 14.6 Å². The maximum absolute atomic E-state index is 15.2. The zero-order chi connectivity index (χ0) is 26.8. The quantitative estimate of drug-likeness (QED) is 0.499. The van der Waals surface area contributed by atoms with Crippen molar-refractivity contribution in [1.29, 1.82) is 0 Å². The van der Waals surface area contributed by atoms with E-state index >= 15 is 4.39 Å². The van der Waals surface area contributed by atoms with Crippen molar-refractivity contribution in [2.24, 2.45) is 0 Å². The third-order valence-corrected chi connectivity index (χ3v) is 7.17. The van der Waals surface area contributed by atoms with E-state index < -0.39 is 25.1 Å². The molecule has 3 aliphatic rings. The molecule has 2 saturated heterocycles. The van der Waals surface area contributed by atoms with Crippen LogP contribution in [-0.4, -0.2) is 80.6 Å². The van der Waals surface area contributed by atoms with Crippen molar-refractivity contribution in [3.8, 4) is 5.75 Å². The molecule has 2 aromatic carbocycles. The summed E-state index contributed by atoms with van der Waals surface area (Å²) in [5.74, 6) is 0.0122. The highest BCUT2D eigenvalue weighted by molar-refractivity contribution is 6.62. The standard InChI is InChI=1S/C26H32BFN4O6/c1-3-24(38-23-6-4-5-18-16-36-27(35)25(18)23)31-11-9-30(10-12-31)22-8-7-19(13-21(22)28)32-15-20(37-26(32)34)14-29-17(2)33/h4-8,13,20,24,35H,3,9-12,14-16H2,1-2H3,(H,29,33)/t20-,24?/m0/s1. The zero-order valence-corrected chi connectivity index (χ0v) is 21.6. The molecule has 1 unspecified atom stereocenters. The van der Waals surface area contributed by atoms with E-state index in [0.29, 0.717) is 55.4 Å². The molecule has 0 radical (unpaired) electrons. The average Bonchev–Trinajstić information content (AvgIpc) is 3.48. The van der Waals surface area contributed by atoms with Gasteiger partial charge in [-0.05, 0) is 36.2 Å². The second kappa shape index (κ2) is 11.2. The van der Waals surface area contributed by atoms with Crippen LogP contribution < -0.4 is 25.3 Å². The summed E-state index contributed by atoms with van der Waals surface area (Å²) in [5, 5.41) is 12.8. The summed E-state index contributed by atoms with van der Waals surface area (Å²) in [6, 6.07) is 10.4. The fourth-order valence-corrected chi connectivity index (χ4v) is 5.18. The average molecular weight is 526 g/mol. The van der Waals surface area contributed by atoms with Crippen LogP contribution in [0.1, 0.15) is 25.8 Å². The van der Waals surface area contributed by atoms with Crippen molar-refractivity contribution < 1.29 is 33.1 Å². The number of ether oxygens (including phenoxy) is 2. The highest BCUT2D eigenvalue weighted by atomic mass is 19.1. The Hall–Kier alpha value is -3.35. The van der Waals surface area contributed by atoms with Crippen LogP contribution in [0.15, 0.2) is 36.4 Å². The number of anilines is 2. The fourth-order valence-electron chi connectivity index (χ4n) is 5.18. The molecule has 0 aromatic heterocycles. The Bertz CT molecular complexity index is 1190. The van der Waals surface area contributed by atoms with Gasteiger partial charge in [-0.15, -0.1) is 0 Å². The van der Waals surface area contributed by atoms with Crippen molar-refractivity contribution in [2.75, 3.05) is 49.1 Å². The summed E-state index contributed by atoms with van der Waals surface area (Å²) in [5.41, 5.74) is 2.51. The Morgan fingerprint density at radius 2 is 2.05 bits per heavy atom. The molecule has 202 valence electrons. The molecule has 2 aromatic rings. The molecule has 0 aliphatic carbocycles. The first-order valence-corrected chi connectivity index (χ1v) is 12.9. The lowest BCUT2D eigenvalue weighted by Crippen LogP contribution is -2.52. The molecular formula is C26H32BFN4O6. The first-order valence-electron chi connectivity index (χ1n) is 12.9. The van der Waals surface area contributed by atoms with Gasteiger partial charge >= 0.3 is 13.2 Å². The van der Waals surface area contributed by atoms with Gasteiger partial charge < -0.3 is 29.4 Å². The molecular weight excluding hydrogens is 494 g/mol. The van der Waals surface area contributed by atoms with Crippen LogP contribution >= 0.6 is 0 Å². The van der Waals surface area contributed by atoms with Crippen LogP contribution in [0.25, 0.3) is 0 Å². The molecule has 3 aliphatic heterocycles. The zero-order valence-electron chi connectivity index (χ0n) is 21.6. The molecule has 10 nitrogen and oxygen atoms in total.